The van der Waals surface area contributed by atoms with Gasteiger partial charge in [-0.05, 0) is 48.1 Å². The van der Waals surface area contributed by atoms with Gasteiger partial charge in [0.2, 0.25) is 15.9 Å². The molecule has 11 nitrogen and oxygen atoms in total. The number of anilines is 2. The molecule has 1 aliphatic rings. The third-order valence-corrected chi connectivity index (χ3v) is 8.00. The van der Waals surface area contributed by atoms with Crippen molar-refractivity contribution in [2.75, 3.05) is 36.5 Å². The van der Waals surface area contributed by atoms with E-state index in [1.807, 2.05) is 26.8 Å². The van der Waals surface area contributed by atoms with Crippen LogP contribution in [0.5, 0.6) is 5.75 Å². The van der Waals surface area contributed by atoms with Gasteiger partial charge in [0.15, 0.2) is 5.75 Å². The summed E-state index contributed by atoms with van der Waals surface area (Å²) in [6, 6.07) is 10.5. The van der Waals surface area contributed by atoms with E-state index in [-0.39, 0.29) is 34.6 Å². The van der Waals surface area contributed by atoms with Gasteiger partial charge < -0.3 is 25.3 Å². The third kappa shape index (κ3) is 6.32. The largest absolute Gasteiger partial charge is 0.492 e. The molecule has 0 atom stereocenters. The Morgan fingerprint density at radius 3 is 2.24 bits per heavy atom. The van der Waals surface area contributed by atoms with Crippen LogP contribution in [0.15, 0.2) is 36.4 Å². The van der Waals surface area contributed by atoms with Crippen LogP contribution in [-0.2, 0) is 27.3 Å². The fraction of sp³-hybridized carbons (Fsp3) is 0.414. The molecule has 12 heteroatoms. The number of fused-ring (bicyclic) bond motifs is 1. The fourth-order valence-corrected chi connectivity index (χ4v) is 5.73. The number of likely N-dealkylation sites (tertiary alicyclic amines) is 1. The molecule has 3 aromatic rings. The van der Waals surface area contributed by atoms with Gasteiger partial charge in [0.1, 0.15) is 5.69 Å². The summed E-state index contributed by atoms with van der Waals surface area (Å²) in [7, 11) is -0.515. The lowest BCUT2D eigenvalue weighted by Crippen LogP contribution is -2.41. The number of ether oxygens (including phenoxy) is 1. The first-order valence-electron chi connectivity index (χ1n) is 13.3. The molecular weight excluding hydrogens is 546 g/mol. The summed E-state index contributed by atoms with van der Waals surface area (Å²) in [5, 5.41) is 3.60. The number of hydrogen-bond acceptors (Lipinski definition) is 6. The maximum atomic E-state index is 13.6. The zero-order valence-corrected chi connectivity index (χ0v) is 25.0. The maximum absolute atomic E-state index is 13.6. The lowest BCUT2D eigenvalue weighted by molar-refractivity contribution is -0.123. The van der Waals surface area contributed by atoms with Gasteiger partial charge in [-0.1, -0.05) is 32.9 Å². The second-order valence-electron chi connectivity index (χ2n) is 11.5. The SMILES string of the molecule is COc1c(NC(=O)c2cc3cccc(C(=O)N4CCC(C(N)=O)CC4)c3n2C)cc(C(C)(C)C)cc1NS(C)(=O)=O. The van der Waals surface area contributed by atoms with Crippen LogP contribution in [0, 0.1) is 5.92 Å². The number of carbonyl (C=O) groups excluding carboxylic acids is 3. The lowest BCUT2D eigenvalue weighted by Gasteiger charge is -2.30. The first-order chi connectivity index (χ1) is 19.1. The highest BCUT2D eigenvalue weighted by Crippen LogP contribution is 2.39. The van der Waals surface area contributed by atoms with Crippen LogP contribution in [-0.4, -0.2) is 62.1 Å². The van der Waals surface area contributed by atoms with Crippen molar-refractivity contribution < 1.29 is 27.5 Å². The second-order valence-corrected chi connectivity index (χ2v) is 13.2. The van der Waals surface area contributed by atoms with Gasteiger partial charge in [-0.25, -0.2) is 8.42 Å². The smallest absolute Gasteiger partial charge is 0.272 e. The van der Waals surface area contributed by atoms with Crippen molar-refractivity contribution in [3.63, 3.8) is 0 Å². The fourth-order valence-electron chi connectivity index (χ4n) is 5.18. The summed E-state index contributed by atoms with van der Waals surface area (Å²) in [5.41, 5.74) is 7.73. The molecule has 0 saturated carbocycles. The second kappa shape index (κ2) is 11.1. The number of sulfonamides is 1. The Morgan fingerprint density at radius 2 is 1.68 bits per heavy atom. The number of carbonyl (C=O) groups is 3. The third-order valence-electron chi connectivity index (χ3n) is 7.41. The highest BCUT2D eigenvalue weighted by molar-refractivity contribution is 7.92. The Morgan fingerprint density at radius 1 is 1.05 bits per heavy atom. The van der Waals surface area contributed by atoms with E-state index in [0.29, 0.717) is 53.8 Å². The number of amides is 3. The van der Waals surface area contributed by atoms with Crippen LogP contribution in [0.1, 0.15) is 60.0 Å². The number of aryl methyl sites for hydroxylation is 1. The van der Waals surface area contributed by atoms with Crippen LogP contribution in [0.2, 0.25) is 0 Å². The van der Waals surface area contributed by atoms with Gasteiger partial charge in [-0.15, -0.1) is 0 Å². The molecule has 2 aromatic carbocycles. The predicted octanol–water partition coefficient (Wildman–Crippen LogP) is 3.45. The summed E-state index contributed by atoms with van der Waals surface area (Å²) >= 11 is 0. The van der Waals surface area contributed by atoms with E-state index in [1.165, 1.54) is 7.11 Å². The molecule has 0 unspecified atom stereocenters. The maximum Gasteiger partial charge on any atom is 0.272 e. The highest BCUT2D eigenvalue weighted by atomic mass is 32.2. The number of piperidine rings is 1. The molecule has 3 amide bonds. The van der Waals surface area contributed by atoms with Crippen LogP contribution in [0.25, 0.3) is 10.9 Å². The molecule has 1 saturated heterocycles. The zero-order valence-electron chi connectivity index (χ0n) is 24.2. The number of hydrogen-bond donors (Lipinski definition) is 3. The molecular formula is C29H37N5O6S. The normalized spacial score (nSPS) is 14.6. The zero-order chi connectivity index (χ0) is 30.3. The number of nitrogens with two attached hydrogens (primary N) is 1. The number of rotatable bonds is 7. The van der Waals surface area contributed by atoms with E-state index in [2.05, 4.69) is 10.0 Å². The lowest BCUT2D eigenvalue weighted by atomic mass is 9.86. The summed E-state index contributed by atoms with van der Waals surface area (Å²) in [6.07, 6.45) is 2.08. The van der Waals surface area contributed by atoms with Crippen molar-refractivity contribution >= 4 is 50.0 Å². The molecule has 2 heterocycles. The molecule has 220 valence electrons. The van der Waals surface area contributed by atoms with Gasteiger partial charge >= 0.3 is 0 Å². The molecule has 1 fully saturated rings. The van der Waals surface area contributed by atoms with Crippen molar-refractivity contribution in [1.82, 2.24) is 9.47 Å². The quantitative estimate of drug-likeness (QED) is 0.387. The minimum absolute atomic E-state index is 0.172. The number of methoxy groups -OCH3 is 1. The van der Waals surface area contributed by atoms with Crippen LogP contribution in [0.3, 0.4) is 0 Å². The Kier molecular flexibility index (Phi) is 8.08. The van der Waals surface area contributed by atoms with Crippen molar-refractivity contribution in [2.45, 2.75) is 39.0 Å². The van der Waals surface area contributed by atoms with E-state index in [1.54, 1.807) is 46.8 Å². The molecule has 1 aliphatic heterocycles. The van der Waals surface area contributed by atoms with Crippen LogP contribution < -0.4 is 20.5 Å². The molecule has 4 rings (SSSR count). The van der Waals surface area contributed by atoms with Gasteiger partial charge in [-0.2, -0.15) is 0 Å². The Bertz CT molecular complexity index is 1630. The number of aromatic nitrogens is 1. The minimum atomic E-state index is -3.63. The standard InChI is InChI=1S/C29H37N5O6S/c1-29(2,3)19-15-21(25(40-5)22(16-19)32-41(6,38)39)31-27(36)23-14-18-8-7-9-20(24(18)33(23)4)28(37)34-12-10-17(11-13-34)26(30)35/h7-9,14-17,32H,10-13H2,1-6H3,(H2,30,35)(H,31,36). The van der Waals surface area contributed by atoms with Crippen molar-refractivity contribution in [2.24, 2.45) is 18.7 Å². The van der Waals surface area contributed by atoms with Gasteiger partial charge in [0.05, 0.1) is 35.8 Å². The summed E-state index contributed by atoms with van der Waals surface area (Å²) in [6.45, 7) is 6.78. The number of benzene rings is 2. The molecule has 41 heavy (non-hydrogen) atoms. The van der Waals surface area contributed by atoms with Crippen molar-refractivity contribution in [3.8, 4) is 5.75 Å². The summed E-state index contributed by atoms with van der Waals surface area (Å²) in [4.78, 5) is 40.4. The van der Waals surface area contributed by atoms with Crippen molar-refractivity contribution in [1.29, 1.82) is 0 Å². The minimum Gasteiger partial charge on any atom is -0.492 e. The van der Waals surface area contributed by atoms with Crippen molar-refractivity contribution in [3.05, 3.63) is 53.2 Å². The topological polar surface area (TPSA) is 153 Å². The average molecular weight is 584 g/mol. The number of nitrogens with zero attached hydrogens (tertiary/aromatic N) is 2. The van der Waals surface area contributed by atoms with E-state index < -0.39 is 15.9 Å². The Labute approximate surface area is 240 Å². The van der Waals surface area contributed by atoms with Crippen LogP contribution in [0.4, 0.5) is 11.4 Å². The molecule has 0 aliphatic carbocycles. The highest BCUT2D eigenvalue weighted by Gasteiger charge is 2.29. The number of nitrogens with one attached hydrogen (secondary N) is 2. The van der Waals surface area contributed by atoms with Gasteiger partial charge in [0.25, 0.3) is 11.8 Å². The van der Waals surface area contributed by atoms with E-state index in [4.69, 9.17) is 10.5 Å². The summed E-state index contributed by atoms with van der Waals surface area (Å²) in [5.74, 6) is -1.05. The predicted molar refractivity (Wildman–Crippen MR) is 159 cm³/mol. The monoisotopic (exact) mass is 583 g/mol. The van der Waals surface area contributed by atoms with Gasteiger partial charge in [-0.3, -0.25) is 19.1 Å². The molecule has 0 spiro atoms. The van der Waals surface area contributed by atoms with Crippen LogP contribution >= 0.6 is 0 Å². The molecule has 0 radical (unpaired) electrons. The van der Waals surface area contributed by atoms with Gasteiger partial charge in [0, 0.05) is 31.4 Å². The Balaban J connectivity index is 1.70. The number of primary amides is 1. The van der Waals surface area contributed by atoms with E-state index >= 15 is 0 Å². The number of para-hydroxylation sites is 1. The Hall–Kier alpha value is -4.06. The average Bonchev–Trinajstić information content (AvgIpc) is 3.23. The van der Waals surface area contributed by atoms with E-state index in [9.17, 15) is 22.8 Å². The summed E-state index contributed by atoms with van der Waals surface area (Å²) < 4.78 is 33.8. The molecule has 1 aromatic heterocycles. The molecule has 0 bridgehead atoms. The first kappa shape index (κ1) is 29.9. The first-order valence-corrected chi connectivity index (χ1v) is 15.2. The van der Waals surface area contributed by atoms with E-state index in [0.717, 1.165) is 11.8 Å². The molecule has 4 N–H and O–H groups in total.